The molecule has 1 aromatic rings. The molecule has 0 saturated carbocycles. The molecule has 27 heavy (non-hydrogen) atoms. The van der Waals surface area contributed by atoms with Gasteiger partial charge in [0.15, 0.2) is 16.7 Å². The van der Waals surface area contributed by atoms with Crippen LogP contribution in [-0.4, -0.2) is 36.4 Å². The predicted octanol–water partition coefficient (Wildman–Crippen LogP) is 4.03. The van der Waals surface area contributed by atoms with Crippen LogP contribution in [0, 0.1) is 0 Å². The average Bonchev–Trinajstić information content (AvgIpc) is 3.13. The first-order valence-electron chi connectivity index (χ1n) is 8.60. The highest BCUT2D eigenvalue weighted by molar-refractivity contribution is 8.16. The van der Waals surface area contributed by atoms with Gasteiger partial charge in [0.25, 0.3) is 0 Å². The van der Waals surface area contributed by atoms with Crippen LogP contribution in [0.2, 0.25) is 0 Å². The monoisotopic (exact) mass is 386 g/mol. The number of carbonyl (C=O) groups excluding carboxylic acids is 1. The second-order valence-corrected chi connectivity index (χ2v) is 6.71. The summed E-state index contributed by atoms with van der Waals surface area (Å²) < 4.78 is 16.4. The van der Waals surface area contributed by atoms with Gasteiger partial charge in [-0.3, -0.25) is 0 Å². The van der Waals surface area contributed by atoms with Crippen molar-refractivity contribution in [3.8, 4) is 11.5 Å². The van der Waals surface area contributed by atoms with Crippen molar-refractivity contribution in [2.45, 2.75) is 19.9 Å². The Hall–Kier alpha value is -2.67. The normalized spacial score (nSPS) is 18.1. The summed E-state index contributed by atoms with van der Waals surface area (Å²) >= 11 is 1.52. The number of allylic oxidation sites excluding steroid dienone is 1. The summed E-state index contributed by atoms with van der Waals surface area (Å²) in [6.45, 7) is 7.98. The molecular formula is C20H22N2O4S. The minimum Gasteiger partial charge on any atom is -0.493 e. The molecule has 0 radical (unpaired) electrons. The van der Waals surface area contributed by atoms with Crippen LogP contribution in [0.25, 0.3) is 0 Å². The highest BCUT2D eigenvalue weighted by Gasteiger charge is 2.37. The fourth-order valence-corrected chi connectivity index (χ4v) is 3.81. The Morgan fingerprint density at radius 3 is 2.93 bits per heavy atom. The van der Waals surface area contributed by atoms with E-state index in [1.807, 2.05) is 41.6 Å². The number of ether oxygens (including phenoxy) is 3. The van der Waals surface area contributed by atoms with Crippen molar-refractivity contribution in [3.63, 3.8) is 0 Å². The Kier molecular flexibility index (Phi) is 5.91. The maximum absolute atomic E-state index is 12.7. The second kappa shape index (κ2) is 8.35. The topological polar surface area (TPSA) is 60.4 Å². The third-order valence-corrected chi connectivity index (χ3v) is 4.95. The summed E-state index contributed by atoms with van der Waals surface area (Å²) in [4.78, 5) is 19.2. The van der Waals surface area contributed by atoms with Crippen LogP contribution < -0.4 is 9.47 Å². The fourth-order valence-electron chi connectivity index (χ4n) is 3.02. The summed E-state index contributed by atoms with van der Waals surface area (Å²) in [6.07, 6.45) is 3.60. The number of methoxy groups -OCH3 is 1. The lowest BCUT2D eigenvalue weighted by molar-refractivity contribution is -0.139. The van der Waals surface area contributed by atoms with Crippen LogP contribution in [-0.2, 0) is 9.53 Å². The minimum absolute atomic E-state index is 0.307. The lowest BCUT2D eigenvalue weighted by Crippen LogP contribution is -2.34. The van der Waals surface area contributed by atoms with Crippen molar-refractivity contribution in [2.75, 3.05) is 20.3 Å². The molecule has 7 heteroatoms. The number of fused-ring (bicyclic) bond motifs is 1. The molecule has 1 atom stereocenters. The van der Waals surface area contributed by atoms with Gasteiger partial charge in [-0.25, -0.2) is 9.79 Å². The molecule has 142 valence electrons. The van der Waals surface area contributed by atoms with Gasteiger partial charge >= 0.3 is 5.97 Å². The van der Waals surface area contributed by atoms with Crippen molar-refractivity contribution in [1.29, 1.82) is 0 Å². The molecule has 0 fully saturated rings. The van der Waals surface area contributed by atoms with Crippen LogP contribution in [0.5, 0.6) is 11.5 Å². The maximum Gasteiger partial charge on any atom is 0.338 e. The van der Waals surface area contributed by atoms with Crippen LogP contribution in [0.4, 0.5) is 0 Å². The first-order valence-corrected chi connectivity index (χ1v) is 9.48. The van der Waals surface area contributed by atoms with Gasteiger partial charge in [0, 0.05) is 6.20 Å². The number of benzene rings is 1. The summed E-state index contributed by atoms with van der Waals surface area (Å²) in [5, 5.41) is 2.78. The largest absolute Gasteiger partial charge is 0.493 e. The van der Waals surface area contributed by atoms with E-state index in [1.165, 1.54) is 11.8 Å². The van der Waals surface area contributed by atoms with E-state index >= 15 is 0 Å². The number of nitrogens with zero attached hydrogens (tertiary/aromatic N) is 2. The molecule has 0 saturated heterocycles. The number of aliphatic imine (C=N–C) groups is 1. The van der Waals surface area contributed by atoms with E-state index in [4.69, 9.17) is 14.2 Å². The Labute approximate surface area is 163 Å². The van der Waals surface area contributed by atoms with Crippen molar-refractivity contribution < 1.29 is 19.0 Å². The zero-order chi connectivity index (χ0) is 19.4. The minimum atomic E-state index is -0.362. The third-order valence-electron chi connectivity index (χ3n) is 4.18. The van der Waals surface area contributed by atoms with Crippen LogP contribution in [0.15, 0.2) is 58.7 Å². The van der Waals surface area contributed by atoms with E-state index in [1.54, 1.807) is 20.1 Å². The summed E-state index contributed by atoms with van der Waals surface area (Å²) in [7, 11) is 1.59. The number of amidine groups is 1. The zero-order valence-electron chi connectivity index (χ0n) is 15.6. The summed E-state index contributed by atoms with van der Waals surface area (Å²) in [5.41, 5.74) is 2.07. The number of thioether (sulfide) groups is 1. The average molecular weight is 386 g/mol. The van der Waals surface area contributed by atoms with E-state index in [2.05, 4.69) is 11.6 Å². The highest BCUT2D eigenvalue weighted by atomic mass is 32.2. The van der Waals surface area contributed by atoms with Crippen molar-refractivity contribution in [2.24, 2.45) is 4.99 Å². The lowest BCUT2D eigenvalue weighted by Gasteiger charge is -2.33. The van der Waals surface area contributed by atoms with E-state index in [0.717, 1.165) is 10.7 Å². The predicted molar refractivity (Wildman–Crippen MR) is 107 cm³/mol. The van der Waals surface area contributed by atoms with Gasteiger partial charge in [-0.1, -0.05) is 30.5 Å². The van der Waals surface area contributed by atoms with Crippen LogP contribution in [0.1, 0.15) is 25.5 Å². The van der Waals surface area contributed by atoms with Gasteiger partial charge < -0.3 is 19.1 Å². The van der Waals surface area contributed by atoms with Crippen LogP contribution >= 0.6 is 11.8 Å². The molecule has 0 amide bonds. The molecule has 0 aliphatic carbocycles. The number of hydrogen-bond acceptors (Lipinski definition) is 7. The molecule has 0 N–H and O–H groups in total. The molecule has 0 spiro atoms. The lowest BCUT2D eigenvalue weighted by atomic mass is 9.94. The Morgan fingerprint density at radius 1 is 1.41 bits per heavy atom. The molecule has 6 nitrogen and oxygen atoms in total. The molecule has 0 bridgehead atoms. The Balaban J connectivity index is 2.06. The van der Waals surface area contributed by atoms with Gasteiger partial charge in [-0.05, 0) is 37.0 Å². The number of esters is 1. The molecule has 0 unspecified atom stereocenters. The van der Waals surface area contributed by atoms with Crippen molar-refractivity contribution in [1.82, 2.24) is 4.90 Å². The van der Waals surface area contributed by atoms with Gasteiger partial charge in [0.05, 0.1) is 31.0 Å². The third kappa shape index (κ3) is 3.73. The van der Waals surface area contributed by atoms with Crippen molar-refractivity contribution >= 4 is 22.9 Å². The molecule has 0 aromatic heterocycles. The Bertz CT molecular complexity index is 844. The van der Waals surface area contributed by atoms with E-state index in [0.29, 0.717) is 36.0 Å². The first kappa shape index (κ1) is 19.1. The Morgan fingerprint density at radius 2 is 2.22 bits per heavy atom. The molecule has 2 aliphatic rings. The summed E-state index contributed by atoms with van der Waals surface area (Å²) in [5.74, 6) is 0.852. The van der Waals surface area contributed by atoms with Gasteiger partial charge in [-0.2, -0.15) is 0 Å². The van der Waals surface area contributed by atoms with E-state index in [9.17, 15) is 4.79 Å². The SMILES string of the molecule is C=CCOc1ccc([C@@H]2C(C(=O)OCC)=C(C)N=C3SC=CN32)cc1OC. The van der Waals surface area contributed by atoms with E-state index < -0.39 is 0 Å². The van der Waals surface area contributed by atoms with Crippen LogP contribution in [0.3, 0.4) is 0 Å². The van der Waals surface area contributed by atoms with Gasteiger partial charge in [0.2, 0.25) is 0 Å². The molecule has 1 aromatic carbocycles. The molecular weight excluding hydrogens is 364 g/mol. The number of hydrogen-bond donors (Lipinski definition) is 0. The van der Waals surface area contributed by atoms with E-state index in [-0.39, 0.29) is 12.0 Å². The first-order chi connectivity index (χ1) is 13.1. The van der Waals surface area contributed by atoms with Gasteiger partial charge in [0.1, 0.15) is 6.61 Å². The quantitative estimate of drug-likeness (QED) is 0.521. The molecule has 2 heterocycles. The molecule has 2 aliphatic heterocycles. The maximum atomic E-state index is 12.7. The summed E-state index contributed by atoms with van der Waals surface area (Å²) in [6, 6.07) is 5.31. The zero-order valence-corrected chi connectivity index (χ0v) is 16.4. The van der Waals surface area contributed by atoms with Gasteiger partial charge in [-0.15, -0.1) is 0 Å². The molecule has 3 rings (SSSR count). The fraction of sp³-hybridized carbons (Fsp3) is 0.300. The number of carbonyl (C=O) groups is 1. The highest BCUT2D eigenvalue weighted by Crippen LogP contribution is 2.43. The van der Waals surface area contributed by atoms with Crippen molar-refractivity contribution in [3.05, 3.63) is 59.3 Å². The standard InChI is InChI=1S/C20H22N2O4S/c1-5-10-26-15-8-7-14(12-16(15)24-4)18-17(19(23)25-6-2)13(3)21-20-22(18)9-11-27-20/h5,7-9,11-12,18H,1,6,10H2,2-4H3/t18-/m1/s1. The number of rotatable bonds is 7. The second-order valence-electron chi connectivity index (χ2n) is 5.84. The smallest absolute Gasteiger partial charge is 0.338 e.